The molecule has 7 nitrogen and oxygen atoms in total. The van der Waals surface area contributed by atoms with Crippen LogP contribution in [0.15, 0.2) is 78.4 Å². The summed E-state index contributed by atoms with van der Waals surface area (Å²) < 4.78 is 7.91. The maximum Gasteiger partial charge on any atom is 0.335 e. The van der Waals surface area contributed by atoms with Crippen LogP contribution in [0.25, 0.3) is 11.8 Å². The molecule has 1 fully saturated rings. The highest BCUT2D eigenvalue weighted by atomic mass is 35.5. The van der Waals surface area contributed by atoms with Crippen LogP contribution in [0.1, 0.15) is 28.1 Å². The summed E-state index contributed by atoms with van der Waals surface area (Å²) in [6.07, 6.45) is 1.53. The van der Waals surface area contributed by atoms with E-state index in [-0.39, 0.29) is 5.57 Å². The number of rotatable bonds is 6. The van der Waals surface area contributed by atoms with Crippen LogP contribution in [0.3, 0.4) is 0 Å². The number of carbonyl (C=O) groups excluding carboxylic acids is 3. The number of carbonyl (C=O) groups is 3. The maximum absolute atomic E-state index is 13.4. The summed E-state index contributed by atoms with van der Waals surface area (Å²) in [6.45, 7) is 5.94. The third-order valence-electron chi connectivity index (χ3n) is 6.73. The lowest BCUT2D eigenvalue weighted by molar-refractivity contribution is -0.122. The van der Waals surface area contributed by atoms with Gasteiger partial charge in [0.25, 0.3) is 11.8 Å². The van der Waals surface area contributed by atoms with Crippen LogP contribution < -0.4 is 15.0 Å². The number of benzene rings is 3. The molecule has 0 atom stereocenters. The molecule has 1 N–H and O–H groups in total. The van der Waals surface area contributed by atoms with E-state index >= 15 is 0 Å². The summed E-state index contributed by atoms with van der Waals surface area (Å²) in [7, 11) is 0. The van der Waals surface area contributed by atoms with Gasteiger partial charge in [-0.05, 0) is 86.5 Å². The van der Waals surface area contributed by atoms with Gasteiger partial charge in [-0.2, -0.15) is 0 Å². The lowest BCUT2D eigenvalue weighted by atomic mass is 10.1. The summed E-state index contributed by atoms with van der Waals surface area (Å²) in [6, 6.07) is 21.0. The number of urea groups is 1. The molecule has 0 radical (unpaired) electrons. The predicted octanol–water partition coefficient (Wildman–Crippen LogP) is 6.95. The van der Waals surface area contributed by atoms with E-state index in [4.69, 9.17) is 27.9 Å². The second kappa shape index (κ2) is 11.0. The van der Waals surface area contributed by atoms with E-state index in [2.05, 4.69) is 5.32 Å². The molecule has 5 rings (SSSR count). The van der Waals surface area contributed by atoms with Crippen molar-refractivity contribution in [3.63, 3.8) is 0 Å². The molecule has 0 bridgehead atoms. The Balaban J connectivity index is 1.40. The molecule has 1 aromatic heterocycles. The second-order valence-corrected chi connectivity index (χ2v) is 10.3. The zero-order valence-corrected chi connectivity index (χ0v) is 23.5. The van der Waals surface area contributed by atoms with E-state index < -0.39 is 17.8 Å². The molecule has 4 aromatic rings. The van der Waals surface area contributed by atoms with Gasteiger partial charge in [0.05, 0.1) is 5.69 Å². The van der Waals surface area contributed by atoms with Crippen molar-refractivity contribution in [3.05, 3.63) is 116 Å². The first kappa shape index (κ1) is 27.2. The number of anilines is 1. The number of hydrogen-bond acceptors (Lipinski definition) is 4. The Hall–Kier alpha value is -4.33. The number of para-hydroxylation sites is 1. The molecule has 0 unspecified atom stereocenters. The first-order valence-electron chi connectivity index (χ1n) is 12.5. The first-order valence-corrected chi connectivity index (χ1v) is 13.2. The quantitative estimate of drug-likeness (QED) is 0.200. The molecule has 202 valence electrons. The van der Waals surface area contributed by atoms with Crippen LogP contribution in [-0.4, -0.2) is 22.4 Å². The standard InChI is InChI=1S/C31H25Cl2N3O4/c1-18-6-4-5-7-28(18)36-30(38)26(29(37)34-31(36)39)15-22-14-19(2)35(20(22)3)24-10-12-25(13-11-24)40-17-21-8-9-23(32)16-27(21)33/h4-16H,17H2,1-3H3,(H,34,37,39)/b26-15+. The van der Waals surface area contributed by atoms with Crippen molar-refractivity contribution in [1.29, 1.82) is 0 Å². The average molecular weight is 574 g/mol. The number of imide groups is 2. The van der Waals surface area contributed by atoms with E-state index in [1.165, 1.54) is 6.08 Å². The molecule has 1 aliphatic heterocycles. The van der Waals surface area contributed by atoms with Gasteiger partial charge >= 0.3 is 6.03 Å². The Morgan fingerprint density at radius 1 is 0.900 bits per heavy atom. The van der Waals surface area contributed by atoms with E-state index in [0.717, 1.165) is 33.1 Å². The molecule has 0 saturated carbocycles. The zero-order chi connectivity index (χ0) is 28.6. The minimum atomic E-state index is -0.771. The van der Waals surface area contributed by atoms with Crippen LogP contribution in [0, 0.1) is 20.8 Å². The van der Waals surface area contributed by atoms with Crippen molar-refractivity contribution in [1.82, 2.24) is 9.88 Å². The molecule has 1 aliphatic rings. The Morgan fingerprint density at radius 2 is 1.62 bits per heavy atom. The first-order chi connectivity index (χ1) is 19.1. The predicted molar refractivity (Wildman–Crippen MR) is 156 cm³/mol. The van der Waals surface area contributed by atoms with Crippen molar-refractivity contribution in [3.8, 4) is 11.4 Å². The van der Waals surface area contributed by atoms with E-state index in [1.807, 2.05) is 60.9 Å². The molecule has 40 heavy (non-hydrogen) atoms. The average Bonchev–Trinajstić information content (AvgIpc) is 3.19. The van der Waals surface area contributed by atoms with Gasteiger partial charge in [0.15, 0.2) is 0 Å². The Labute approximate surface area is 241 Å². The van der Waals surface area contributed by atoms with Crippen LogP contribution in [0.5, 0.6) is 5.75 Å². The molecule has 2 heterocycles. The van der Waals surface area contributed by atoms with Crippen LogP contribution in [0.4, 0.5) is 10.5 Å². The molecular formula is C31H25Cl2N3O4. The third-order valence-corrected chi connectivity index (χ3v) is 7.32. The van der Waals surface area contributed by atoms with Crippen molar-refractivity contribution in [2.45, 2.75) is 27.4 Å². The normalized spacial score (nSPS) is 14.6. The number of barbiturate groups is 1. The van der Waals surface area contributed by atoms with Crippen LogP contribution >= 0.6 is 23.2 Å². The number of nitrogens with one attached hydrogen (secondary N) is 1. The number of aromatic nitrogens is 1. The fraction of sp³-hybridized carbons (Fsp3) is 0.129. The summed E-state index contributed by atoms with van der Waals surface area (Å²) in [5.74, 6) is -0.730. The minimum Gasteiger partial charge on any atom is -0.489 e. The largest absolute Gasteiger partial charge is 0.489 e. The van der Waals surface area contributed by atoms with Crippen molar-refractivity contribution >= 4 is 52.8 Å². The second-order valence-electron chi connectivity index (χ2n) is 9.42. The monoisotopic (exact) mass is 573 g/mol. The smallest absolute Gasteiger partial charge is 0.335 e. The van der Waals surface area contributed by atoms with Crippen LogP contribution in [0.2, 0.25) is 10.0 Å². The highest BCUT2D eigenvalue weighted by Crippen LogP contribution is 2.29. The lowest BCUT2D eigenvalue weighted by Gasteiger charge is -2.27. The fourth-order valence-electron chi connectivity index (χ4n) is 4.67. The van der Waals surface area contributed by atoms with Crippen molar-refractivity contribution in [2.24, 2.45) is 0 Å². The number of halogens is 2. The van der Waals surface area contributed by atoms with Gasteiger partial charge < -0.3 is 9.30 Å². The zero-order valence-electron chi connectivity index (χ0n) is 22.0. The molecule has 0 spiro atoms. The van der Waals surface area contributed by atoms with Gasteiger partial charge in [-0.15, -0.1) is 0 Å². The maximum atomic E-state index is 13.4. The van der Waals surface area contributed by atoms with E-state index in [9.17, 15) is 14.4 Å². The minimum absolute atomic E-state index is 0.118. The fourth-order valence-corrected chi connectivity index (χ4v) is 5.13. The summed E-state index contributed by atoms with van der Waals surface area (Å²) in [5.41, 5.74) is 5.17. The number of ether oxygens (including phenoxy) is 1. The van der Waals surface area contributed by atoms with Gasteiger partial charge in [0.1, 0.15) is 17.9 Å². The lowest BCUT2D eigenvalue weighted by Crippen LogP contribution is -2.54. The Bertz CT molecular complexity index is 1690. The van der Waals surface area contributed by atoms with E-state index in [1.54, 1.807) is 37.3 Å². The molecule has 1 saturated heterocycles. The van der Waals surface area contributed by atoms with Crippen molar-refractivity contribution < 1.29 is 19.1 Å². The molecule has 0 aliphatic carbocycles. The molecule has 3 aromatic carbocycles. The van der Waals surface area contributed by atoms with Gasteiger partial charge in [0, 0.05) is 32.7 Å². The highest BCUT2D eigenvalue weighted by molar-refractivity contribution is 6.39. The summed E-state index contributed by atoms with van der Waals surface area (Å²) >= 11 is 12.2. The Morgan fingerprint density at radius 3 is 2.33 bits per heavy atom. The van der Waals surface area contributed by atoms with E-state index in [0.29, 0.717) is 33.7 Å². The molecule has 4 amide bonds. The topological polar surface area (TPSA) is 80.6 Å². The molecule has 9 heteroatoms. The number of nitrogens with zero attached hydrogens (tertiary/aromatic N) is 2. The Kier molecular flexibility index (Phi) is 7.52. The summed E-state index contributed by atoms with van der Waals surface area (Å²) in [5, 5.41) is 3.40. The van der Waals surface area contributed by atoms with Gasteiger partial charge in [-0.1, -0.05) is 47.5 Å². The number of hydrogen-bond donors (Lipinski definition) is 1. The number of amides is 4. The van der Waals surface area contributed by atoms with Gasteiger partial charge in [0.2, 0.25) is 0 Å². The number of aryl methyl sites for hydroxylation is 2. The molecular weight excluding hydrogens is 549 g/mol. The van der Waals surface area contributed by atoms with Gasteiger partial charge in [-0.25, -0.2) is 9.69 Å². The highest BCUT2D eigenvalue weighted by Gasteiger charge is 2.37. The third kappa shape index (κ3) is 5.26. The summed E-state index contributed by atoms with van der Waals surface area (Å²) in [4.78, 5) is 39.6. The van der Waals surface area contributed by atoms with Gasteiger partial charge in [-0.3, -0.25) is 14.9 Å². The van der Waals surface area contributed by atoms with Crippen LogP contribution in [-0.2, 0) is 16.2 Å². The van der Waals surface area contributed by atoms with Crippen molar-refractivity contribution in [2.75, 3.05) is 4.90 Å². The SMILES string of the molecule is Cc1ccccc1N1C(=O)NC(=O)/C(=C\c2cc(C)n(-c3ccc(OCc4ccc(Cl)cc4Cl)cc3)c2C)C1=O.